The van der Waals surface area contributed by atoms with Gasteiger partial charge in [-0.3, -0.25) is 9.80 Å². The maximum Gasteiger partial charge on any atom is 0.146 e. The molecule has 3 aromatic rings. The molecule has 0 spiro atoms. The van der Waals surface area contributed by atoms with Crippen molar-refractivity contribution in [3.05, 3.63) is 36.8 Å². The summed E-state index contributed by atoms with van der Waals surface area (Å²) in [4.78, 5) is 14.0. The lowest BCUT2D eigenvalue weighted by atomic mass is 9.85. The highest BCUT2D eigenvalue weighted by Gasteiger charge is 2.46. The molecule has 0 atom stereocenters. The molecule has 2 aromatic heterocycles. The summed E-state index contributed by atoms with van der Waals surface area (Å²) in [5.41, 5.74) is 9.36. The summed E-state index contributed by atoms with van der Waals surface area (Å²) in [6.07, 6.45) is 11.0. The van der Waals surface area contributed by atoms with Gasteiger partial charge in [-0.05, 0) is 56.2 Å². The first kappa shape index (κ1) is 24.3. The highest BCUT2D eigenvalue weighted by molar-refractivity contribution is 6.00. The summed E-state index contributed by atoms with van der Waals surface area (Å²) in [6.45, 7) is 5.85. The van der Waals surface area contributed by atoms with E-state index in [9.17, 15) is 5.11 Å². The summed E-state index contributed by atoms with van der Waals surface area (Å²) >= 11 is 0. The molecule has 1 saturated carbocycles. The van der Waals surface area contributed by atoms with Crippen molar-refractivity contribution in [1.29, 1.82) is 0 Å². The number of anilines is 1. The van der Waals surface area contributed by atoms with Crippen molar-refractivity contribution in [2.75, 3.05) is 51.7 Å². The van der Waals surface area contributed by atoms with Crippen LogP contribution in [0.5, 0.6) is 5.75 Å². The summed E-state index contributed by atoms with van der Waals surface area (Å²) < 4.78 is 14.8. The molecule has 1 aromatic carbocycles. The van der Waals surface area contributed by atoms with E-state index in [0.29, 0.717) is 30.6 Å². The molecular weight excluding hydrogens is 480 g/mol. The first-order valence-electron chi connectivity index (χ1n) is 14.2. The molecule has 2 bridgehead atoms. The van der Waals surface area contributed by atoms with Crippen molar-refractivity contribution in [3.8, 4) is 16.9 Å². The standard InChI is InChI=1S/C29H38N6O3/c30-27-26-25(20-2-1-3-24(14-20)37-18-29-6-4-23(38-29)5-7-29)17-35(28(26)32-19-31-27)22-15-21(16-22)34-10-8-33(9-11-34)12-13-36/h1-3,14,17,19,21-23,36H,4-13,15-16,18H2,(H2,30,31,32). The third-order valence-electron chi connectivity index (χ3n) is 9.37. The molecule has 38 heavy (non-hydrogen) atoms. The van der Waals surface area contributed by atoms with Crippen LogP contribution in [0.15, 0.2) is 36.8 Å². The zero-order chi connectivity index (χ0) is 25.7. The molecule has 1 aliphatic carbocycles. The number of fused-ring (bicyclic) bond motifs is 3. The molecule has 9 heteroatoms. The number of rotatable bonds is 8. The minimum Gasteiger partial charge on any atom is -0.491 e. The second kappa shape index (κ2) is 9.79. The van der Waals surface area contributed by atoms with Gasteiger partial charge in [-0.15, -0.1) is 0 Å². The molecule has 3 saturated heterocycles. The summed E-state index contributed by atoms with van der Waals surface area (Å²) in [5, 5.41) is 10.1. The second-order valence-corrected chi connectivity index (χ2v) is 11.6. The van der Waals surface area contributed by atoms with Gasteiger partial charge in [-0.1, -0.05) is 12.1 Å². The maximum absolute atomic E-state index is 9.22. The van der Waals surface area contributed by atoms with Gasteiger partial charge in [-0.25, -0.2) is 9.97 Å². The lowest BCUT2D eigenvalue weighted by Crippen LogP contribution is -2.54. The fourth-order valence-corrected chi connectivity index (χ4v) is 7.04. The average Bonchev–Trinajstić information content (AvgIpc) is 3.63. The Morgan fingerprint density at radius 3 is 2.63 bits per heavy atom. The Bertz CT molecular complexity index is 1290. The van der Waals surface area contributed by atoms with Crippen LogP contribution in [0.1, 0.15) is 44.6 Å². The third-order valence-corrected chi connectivity index (χ3v) is 9.37. The highest BCUT2D eigenvalue weighted by Crippen LogP contribution is 2.45. The van der Waals surface area contributed by atoms with Crippen molar-refractivity contribution in [3.63, 3.8) is 0 Å². The molecule has 202 valence electrons. The Labute approximate surface area is 223 Å². The van der Waals surface area contributed by atoms with Crippen LogP contribution in [0.4, 0.5) is 5.82 Å². The van der Waals surface area contributed by atoms with Crippen LogP contribution >= 0.6 is 0 Å². The number of piperazine rings is 1. The van der Waals surface area contributed by atoms with Crippen molar-refractivity contribution in [2.45, 2.75) is 62.3 Å². The predicted molar refractivity (Wildman–Crippen MR) is 146 cm³/mol. The highest BCUT2D eigenvalue weighted by atomic mass is 16.6. The molecule has 5 heterocycles. The number of nitrogen functional groups attached to an aromatic ring is 1. The topological polar surface area (TPSA) is 102 Å². The van der Waals surface area contributed by atoms with E-state index in [1.54, 1.807) is 6.33 Å². The van der Waals surface area contributed by atoms with Gasteiger partial charge in [-0.2, -0.15) is 0 Å². The number of hydrogen-bond acceptors (Lipinski definition) is 8. The zero-order valence-corrected chi connectivity index (χ0v) is 22.0. The van der Waals surface area contributed by atoms with Crippen molar-refractivity contribution < 1.29 is 14.6 Å². The maximum atomic E-state index is 9.22. The van der Waals surface area contributed by atoms with E-state index in [4.69, 9.17) is 15.2 Å². The fraction of sp³-hybridized carbons (Fsp3) is 0.586. The molecule has 4 fully saturated rings. The van der Waals surface area contributed by atoms with Gasteiger partial charge in [0.05, 0.1) is 18.1 Å². The SMILES string of the molecule is Nc1ncnc2c1c(-c1cccc(OCC34CCC(CC3)O4)c1)cn2C1CC(N2CCN(CCO)CC2)C1. The van der Waals surface area contributed by atoms with E-state index in [1.807, 2.05) is 12.1 Å². The molecule has 0 unspecified atom stereocenters. The van der Waals surface area contributed by atoms with Crippen LogP contribution < -0.4 is 10.5 Å². The zero-order valence-electron chi connectivity index (χ0n) is 22.0. The van der Waals surface area contributed by atoms with E-state index in [2.05, 4.69) is 42.7 Å². The van der Waals surface area contributed by atoms with E-state index in [-0.39, 0.29) is 12.2 Å². The molecular formula is C29H38N6O3. The lowest BCUT2D eigenvalue weighted by Gasteiger charge is -2.46. The Morgan fingerprint density at radius 1 is 1.08 bits per heavy atom. The smallest absolute Gasteiger partial charge is 0.146 e. The largest absolute Gasteiger partial charge is 0.491 e. The van der Waals surface area contributed by atoms with Gasteiger partial charge in [0, 0.05) is 56.6 Å². The first-order chi connectivity index (χ1) is 18.6. The summed E-state index contributed by atoms with van der Waals surface area (Å²) in [6, 6.07) is 9.30. The lowest BCUT2D eigenvalue weighted by molar-refractivity contribution is -0.0198. The Balaban J connectivity index is 1.09. The first-order valence-corrected chi connectivity index (χ1v) is 14.2. The van der Waals surface area contributed by atoms with Crippen molar-refractivity contribution in [2.24, 2.45) is 0 Å². The number of aliphatic hydroxyl groups excluding tert-OH is 1. The second-order valence-electron chi connectivity index (χ2n) is 11.6. The normalized spacial score (nSPS) is 29.7. The van der Waals surface area contributed by atoms with Crippen LogP contribution in [0, 0.1) is 0 Å². The van der Waals surface area contributed by atoms with E-state index >= 15 is 0 Å². The number of nitrogens with two attached hydrogens (primary N) is 1. The van der Waals surface area contributed by atoms with Gasteiger partial charge < -0.3 is 24.9 Å². The van der Waals surface area contributed by atoms with Crippen LogP contribution in [-0.2, 0) is 4.74 Å². The molecule has 0 radical (unpaired) electrons. The Hall–Kier alpha value is -2.72. The van der Waals surface area contributed by atoms with Gasteiger partial charge in [0.1, 0.15) is 35.7 Å². The monoisotopic (exact) mass is 518 g/mol. The van der Waals surface area contributed by atoms with Crippen molar-refractivity contribution in [1.82, 2.24) is 24.3 Å². The van der Waals surface area contributed by atoms with E-state index < -0.39 is 0 Å². The van der Waals surface area contributed by atoms with E-state index in [0.717, 1.165) is 99.2 Å². The predicted octanol–water partition coefficient (Wildman–Crippen LogP) is 3.08. The number of ether oxygens (including phenoxy) is 2. The third kappa shape index (κ3) is 4.35. The van der Waals surface area contributed by atoms with Crippen LogP contribution in [0.3, 0.4) is 0 Å². The quantitative estimate of drug-likeness (QED) is 0.469. The number of aromatic nitrogens is 3. The molecule has 9 nitrogen and oxygen atoms in total. The van der Waals surface area contributed by atoms with E-state index in [1.165, 1.54) is 0 Å². The molecule has 3 N–H and O–H groups in total. The Morgan fingerprint density at radius 2 is 1.89 bits per heavy atom. The van der Waals surface area contributed by atoms with Gasteiger partial charge in [0.2, 0.25) is 0 Å². The van der Waals surface area contributed by atoms with Gasteiger partial charge >= 0.3 is 0 Å². The van der Waals surface area contributed by atoms with Gasteiger partial charge in [0.25, 0.3) is 0 Å². The summed E-state index contributed by atoms with van der Waals surface area (Å²) in [7, 11) is 0. The Kier molecular flexibility index (Phi) is 6.27. The number of aliphatic hydroxyl groups is 1. The number of benzene rings is 1. The minimum absolute atomic E-state index is 0.0960. The molecule has 0 amide bonds. The van der Waals surface area contributed by atoms with Crippen molar-refractivity contribution >= 4 is 16.9 Å². The molecule has 7 rings (SSSR count). The summed E-state index contributed by atoms with van der Waals surface area (Å²) in [5.74, 6) is 1.37. The molecule has 3 aliphatic heterocycles. The van der Waals surface area contributed by atoms with Crippen LogP contribution in [0.25, 0.3) is 22.2 Å². The molecule has 4 aliphatic rings. The number of nitrogens with zero attached hydrogens (tertiary/aromatic N) is 5. The minimum atomic E-state index is -0.0960. The van der Waals surface area contributed by atoms with Crippen LogP contribution in [-0.4, -0.2) is 93.1 Å². The number of hydrogen-bond donors (Lipinski definition) is 2. The fourth-order valence-electron chi connectivity index (χ4n) is 7.04. The van der Waals surface area contributed by atoms with Gasteiger partial charge in [0.15, 0.2) is 0 Å². The number of β-amino-alcohol motifs (C(OH)–C–C–N with tert-alkyl or cyclic N) is 1. The average molecular weight is 519 g/mol. The van der Waals surface area contributed by atoms with Crippen LogP contribution in [0.2, 0.25) is 0 Å².